The Morgan fingerprint density at radius 2 is 0.849 bits per heavy atom. The van der Waals surface area contributed by atoms with Gasteiger partial charge in [-0.2, -0.15) is 0 Å². The van der Waals surface area contributed by atoms with Crippen LogP contribution in [0.4, 0.5) is 0 Å². The van der Waals surface area contributed by atoms with Crippen LogP contribution in [0.3, 0.4) is 0 Å². The molecule has 53 heavy (non-hydrogen) atoms. The Balaban J connectivity index is 1.30. The van der Waals surface area contributed by atoms with Gasteiger partial charge in [0.05, 0.1) is 0 Å². The Bertz CT molecular complexity index is 2820. The zero-order chi connectivity index (χ0) is 35.8. The molecular formula is C51H44P2. The fraction of sp³-hybridized carbons (Fsp3) is 0.216. The second-order valence-electron chi connectivity index (χ2n) is 17.2. The topological polar surface area (TPSA) is 0 Å². The predicted molar refractivity (Wildman–Crippen MR) is 233 cm³/mol. The van der Waals surface area contributed by atoms with Crippen LogP contribution in [0.2, 0.25) is 0 Å². The molecule has 0 aromatic heterocycles. The van der Waals surface area contributed by atoms with Crippen molar-refractivity contribution in [3.63, 3.8) is 0 Å². The van der Waals surface area contributed by atoms with E-state index >= 15 is 0 Å². The minimum absolute atomic E-state index is 0.143. The minimum atomic E-state index is -0.525. The minimum Gasteiger partial charge on any atom is -0.0880 e. The molecule has 258 valence electrons. The van der Waals surface area contributed by atoms with Gasteiger partial charge in [-0.15, -0.1) is 0 Å². The van der Waals surface area contributed by atoms with Crippen molar-refractivity contribution in [1.29, 1.82) is 0 Å². The van der Waals surface area contributed by atoms with Crippen LogP contribution in [0.5, 0.6) is 0 Å². The van der Waals surface area contributed by atoms with Crippen molar-refractivity contribution in [1.82, 2.24) is 0 Å². The van der Waals surface area contributed by atoms with Gasteiger partial charge < -0.3 is 0 Å². The van der Waals surface area contributed by atoms with E-state index in [0.29, 0.717) is 17.0 Å². The van der Waals surface area contributed by atoms with Crippen molar-refractivity contribution in [3.05, 3.63) is 168 Å². The number of benzene rings is 8. The average Bonchev–Trinajstić information content (AvgIpc) is 3.82. The maximum absolute atomic E-state index is 2.61. The molecule has 0 radical (unpaired) electrons. The predicted octanol–water partition coefficient (Wildman–Crippen LogP) is 15.5. The molecule has 0 aliphatic carbocycles. The molecule has 2 unspecified atom stereocenters. The SMILES string of the molecule is CC(C)(C)[P@@]1Cc2ccc3ccccc3c2-c2c(ccc3ccccc23)C1[C@@H]1c2ccc3ccccc3c2-c2c(ccc3ccccc23)C2[P@]1C2(C)C. The van der Waals surface area contributed by atoms with E-state index in [0.717, 1.165) is 6.16 Å². The molecule has 0 bridgehead atoms. The van der Waals surface area contributed by atoms with Gasteiger partial charge in [-0.3, -0.25) is 0 Å². The molecular weight excluding hydrogens is 675 g/mol. The van der Waals surface area contributed by atoms with E-state index in [4.69, 9.17) is 0 Å². The van der Waals surface area contributed by atoms with Crippen LogP contribution in [0, 0.1) is 0 Å². The van der Waals surface area contributed by atoms with E-state index < -0.39 is 15.8 Å². The molecule has 8 aromatic rings. The van der Waals surface area contributed by atoms with Crippen molar-refractivity contribution in [2.24, 2.45) is 0 Å². The fourth-order valence-electron chi connectivity index (χ4n) is 10.6. The molecule has 0 spiro atoms. The molecule has 5 atom stereocenters. The van der Waals surface area contributed by atoms with E-state index in [1.165, 1.54) is 70.9 Å². The lowest BCUT2D eigenvalue weighted by Gasteiger charge is -2.43. The third kappa shape index (κ3) is 4.56. The summed E-state index contributed by atoms with van der Waals surface area (Å²) in [5, 5.41) is 11.4. The third-order valence-electron chi connectivity index (χ3n) is 13.0. The molecule has 3 aliphatic heterocycles. The lowest BCUT2D eigenvalue weighted by molar-refractivity contribution is 0.746. The second kappa shape index (κ2) is 11.3. The standard InChI is InChI=1S/C51H44P2/c1-50(2,3)52-30-35-23-22-31-14-6-10-18-36(31)43(35)44-37-19-11-7-15-32(37)24-27-40(44)47(52)48-41-28-25-33-16-8-12-20-38(33)45(41)46-39-21-13-9-17-34(39)26-29-42(46)49-51(4,5)53(48)49/h6-29,47-49H,30H2,1-5H3/t47?,48-,49?,52-,53+/m0/s1. The Kier molecular flexibility index (Phi) is 6.87. The zero-order valence-electron chi connectivity index (χ0n) is 31.2. The Morgan fingerprint density at radius 1 is 0.453 bits per heavy atom. The molecule has 8 aromatic carbocycles. The quantitative estimate of drug-likeness (QED) is 0.148. The van der Waals surface area contributed by atoms with E-state index in [1.807, 2.05) is 0 Å². The van der Waals surface area contributed by atoms with Gasteiger partial charge in [0, 0.05) is 17.0 Å². The van der Waals surface area contributed by atoms with Crippen LogP contribution < -0.4 is 0 Å². The number of rotatable bonds is 1. The Labute approximate surface area is 315 Å². The summed E-state index contributed by atoms with van der Waals surface area (Å²) in [4.78, 5) is 0. The first kappa shape index (κ1) is 32.1. The molecule has 0 N–H and O–H groups in total. The van der Waals surface area contributed by atoms with E-state index in [2.05, 4.69) is 180 Å². The van der Waals surface area contributed by atoms with Crippen LogP contribution in [0.15, 0.2) is 146 Å². The lowest BCUT2D eigenvalue weighted by Crippen LogP contribution is -2.21. The highest BCUT2D eigenvalue weighted by Crippen LogP contribution is 2.95. The molecule has 1 fully saturated rings. The van der Waals surface area contributed by atoms with Crippen molar-refractivity contribution in [2.45, 2.75) is 68.1 Å². The average molecular weight is 719 g/mol. The monoisotopic (exact) mass is 718 g/mol. The van der Waals surface area contributed by atoms with Gasteiger partial charge in [0.2, 0.25) is 0 Å². The van der Waals surface area contributed by atoms with Gasteiger partial charge in [0.25, 0.3) is 0 Å². The van der Waals surface area contributed by atoms with Crippen LogP contribution in [-0.4, -0.2) is 10.3 Å². The van der Waals surface area contributed by atoms with Gasteiger partial charge in [-0.05, 0) is 104 Å². The number of hydrogen-bond acceptors (Lipinski definition) is 0. The molecule has 3 aliphatic rings. The van der Waals surface area contributed by atoms with Crippen LogP contribution in [-0.2, 0) is 6.16 Å². The molecule has 0 amide bonds. The first-order valence-electron chi connectivity index (χ1n) is 19.3. The van der Waals surface area contributed by atoms with Crippen LogP contribution in [0.1, 0.15) is 73.8 Å². The van der Waals surface area contributed by atoms with Gasteiger partial charge in [-0.25, -0.2) is 0 Å². The first-order chi connectivity index (χ1) is 25.7. The summed E-state index contributed by atoms with van der Waals surface area (Å²) in [7, 11) is -0.938. The summed E-state index contributed by atoms with van der Waals surface area (Å²) in [6.07, 6.45) is 1.14. The summed E-state index contributed by atoms with van der Waals surface area (Å²) in [6.45, 7) is 12.9. The first-order valence-corrected chi connectivity index (χ1v) is 22.4. The van der Waals surface area contributed by atoms with Gasteiger partial charge in [0.15, 0.2) is 0 Å². The van der Waals surface area contributed by atoms with E-state index in [9.17, 15) is 0 Å². The Hall–Kier alpha value is -4.34. The molecule has 2 heteroatoms. The maximum Gasteiger partial charge on any atom is 0.0168 e. The molecule has 1 saturated heterocycles. The van der Waals surface area contributed by atoms with Gasteiger partial charge in [-0.1, -0.05) is 196 Å². The highest BCUT2D eigenvalue weighted by atomic mass is 31.1. The zero-order valence-corrected chi connectivity index (χ0v) is 33.0. The molecule has 0 saturated carbocycles. The second-order valence-corrected chi connectivity index (χ2v) is 23.4. The summed E-state index contributed by atoms with van der Waals surface area (Å²) in [5.41, 5.74) is 13.7. The smallest absolute Gasteiger partial charge is 0.0168 e. The lowest BCUT2D eigenvalue weighted by atomic mass is 9.82. The largest absolute Gasteiger partial charge is 0.0880 e. The maximum atomic E-state index is 2.61. The van der Waals surface area contributed by atoms with Crippen molar-refractivity contribution in [2.75, 3.05) is 0 Å². The van der Waals surface area contributed by atoms with Crippen LogP contribution in [0.25, 0.3) is 65.3 Å². The fourth-order valence-corrected chi connectivity index (χ4v) is 18.7. The molecule has 3 heterocycles. The van der Waals surface area contributed by atoms with E-state index in [1.54, 1.807) is 16.7 Å². The summed E-state index contributed by atoms with van der Waals surface area (Å²) in [5.74, 6) is 0. The van der Waals surface area contributed by atoms with E-state index in [-0.39, 0.29) is 10.3 Å². The highest BCUT2D eigenvalue weighted by Gasteiger charge is 2.65. The van der Waals surface area contributed by atoms with Crippen molar-refractivity contribution >= 4 is 58.9 Å². The summed E-state index contributed by atoms with van der Waals surface area (Å²) in [6, 6.07) is 56.7. The number of fused-ring (bicyclic) bond motifs is 16. The van der Waals surface area contributed by atoms with Gasteiger partial charge in [0.1, 0.15) is 0 Å². The normalized spacial score (nSPS) is 22.7. The Morgan fingerprint density at radius 3 is 1.36 bits per heavy atom. The molecule has 11 rings (SSSR count). The third-order valence-corrected chi connectivity index (χ3v) is 20.9. The summed E-state index contributed by atoms with van der Waals surface area (Å²) >= 11 is 0. The number of hydrogen-bond donors (Lipinski definition) is 0. The molecule has 0 nitrogen and oxygen atoms in total. The van der Waals surface area contributed by atoms with Crippen molar-refractivity contribution < 1.29 is 0 Å². The van der Waals surface area contributed by atoms with Crippen molar-refractivity contribution in [3.8, 4) is 22.3 Å². The van der Waals surface area contributed by atoms with Crippen LogP contribution >= 0.6 is 15.8 Å². The van der Waals surface area contributed by atoms with Gasteiger partial charge >= 0.3 is 0 Å². The highest BCUT2D eigenvalue weighted by molar-refractivity contribution is 7.69. The summed E-state index contributed by atoms with van der Waals surface area (Å²) < 4.78 is 0.